The molecule has 4 N–H and O–H groups in total. The maximum absolute atomic E-state index is 11.5. The number of carbonyl (C=O) groups excluding carboxylic acids is 2. The van der Waals surface area contributed by atoms with E-state index in [9.17, 15) is 9.59 Å². The van der Waals surface area contributed by atoms with Gasteiger partial charge in [0, 0.05) is 12.7 Å². The van der Waals surface area contributed by atoms with Crippen molar-refractivity contribution < 1.29 is 9.59 Å². The maximum atomic E-state index is 11.5. The second-order valence-corrected chi connectivity index (χ2v) is 4.93. The summed E-state index contributed by atoms with van der Waals surface area (Å²) in [4.78, 5) is 26.4. The predicted molar refractivity (Wildman–Crippen MR) is 72.0 cm³/mol. The van der Waals surface area contributed by atoms with Crippen molar-refractivity contribution in [3.63, 3.8) is 0 Å². The van der Waals surface area contributed by atoms with Crippen LogP contribution in [0.15, 0.2) is 12.3 Å². The molecule has 6 nitrogen and oxygen atoms in total. The fourth-order valence-corrected chi connectivity index (χ4v) is 1.74. The molecule has 0 bridgehead atoms. The first kappa shape index (κ1) is 13.6. The Bertz CT molecular complexity index is 503. The number of nitrogens with two attached hydrogens (primary N) is 1. The molecule has 0 aromatic carbocycles. The largest absolute Gasteiger partial charge is 0.366 e. The summed E-state index contributed by atoms with van der Waals surface area (Å²) < 4.78 is 0. The molecule has 0 unspecified atom stereocenters. The van der Waals surface area contributed by atoms with E-state index in [0.717, 1.165) is 6.54 Å². The molecule has 1 aromatic rings. The number of aromatic nitrogens is 1. The Kier molecular flexibility index (Phi) is 4.21. The molecule has 7 heteroatoms. The van der Waals surface area contributed by atoms with Crippen molar-refractivity contribution in [3.8, 4) is 0 Å². The molecule has 1 saturated carbocycles. The lowest BCUT2D eigenvalue weighted by molar-refractivity contribution is -0.119. The third-order valence-electron chi connectivity index (χ3n) is 2.83. The smallest absolute Gasteiger partial charge is 0.250 e. The zero-order valence-corrected chi connectivity index (χ0v) is 11.0. The molecule has 2 rings (SSSR count). The van der Waals surface area contributed by atoms with Crippen molar-refractivity contribution in [1.29, 1.82) is 0 Å². The number of hydrogen-bond donors (Lipinski definition) is 3. The lowest BCUT2D eigenvalue weighted by Crippen LogP contribution is -2.31. The number of anilines is 1. The summed E-state index contributed by atoms with van der Waals surface area (Å²) in [5.41, 5.74) is 5.34. The number of rotatable bonds is 6. The number of hydrogen-bond acceptors (Lipinski definition) is 4. The minimum Gasteiger partial charge on any atom is -0.366 e. The average molecular weight is 283 g/mol. The van der Waals surface area contributed by atoms with Crippen molar-refractivity contribution in [1.82, 2.24) is 10.3 Å². The van der Waals surface area contributed by atoms with Gasteiger partial charge in [-0.1, -0.05) is 11.6 Å². The average Bonchev–Trinajstić information content (AvgIpc) is 3.18. The number of amides is 2. The fraction of sp³-hybridized carbons (Fsp3) is 0.417. The molecule has 0 atom stereocenters. The molecule has 1 aliphatic rings. The van der Waals surface area contributed by atoms with Crippen LogP contribution in [-0.2, 0) is 4.79 Å². The molecule has 1 heterocycles. The van der Waals surface area contributed by atoms with Crippen LogP contribution in [0.1, 0.15) is 23.2 Å². The molecule has 0 radical (unpaired) electrons. The number of nitrogens with zero attached hydrogens (tertiary/aromatic N) is 1. The van der Waals surface area contributed by atoms with Crippen LogP contribution in [0.2, 0.25) is 5.02 Å². The van der Waals surface area contributed by atoms with Gasteiger partial charge >= 0.3 is 0 Å². The monoisotopic (exact) mass is 282 g/mol. The van der Waals surface area contributed by atoms with E-state index in [2.05, 4.69) is 15.6 Å². The third kappa shape index (κ3) is 4.10. The molecule has 1 fully saturated rings. The summed E-state index contributed by atoms with van der Waals surface area (Å²) in [7, 11) is 0. The summed E-state index contributed by atoms with van der Waals surface area (Å²) in [6.07, 6.45) is 3.70. The second-order valence-electron chi connectivity index (χ2n) is 4.52. The normalized spacial score (nSPS) is 13.9. The lowest BCUT2D eigenvalue weighted by Gasteiger charge is -2.08. The number of primary amides is 1. The van der Waals surface area contributed by atoms with E-state index in [0.29, 0.717) is 11.7 Å². The van der Waals surface area contributed by atoms with Crippen LogP contribution in [0, 0.1) is 5.92 Å². The van der Waals surface area contributed by atoms with Crippen molar-refractivity contribution in [3.05, 3.63) is 22.8 Å². The first-order valence-electron chi connectivity index (χ1n) is 6.02. The van der Waals surface area contributed by atoms with E-state index in [1.807, 2.05) is 0 Å². The predicted octanol–water partition coefficient (Wildman–Crippen LogP) is 0.772. The topological polar surface area (TPSA) is 97.1 Å². The Balaban J connectivity index is 1.84. The first-order valence-corrected chi connectivity index (χ1v) is 6.40. The van der Waals surface area contributed by atoms with Crippen LogP contribution in [0.3, 0.4) is 0 Å². The number of carbonyl (C=O) groups is 2. The van der Waals surface area contributed by atoms with E-state index >= 15 is 0 Å². The van der Waals surface area contributed by atoms with Crippen molar-refractivity contribution in [2.45, 2.75) is 12.8 Å². The third-order valence-corrected chi connectivity index (χ3v) is 3.12. The highest BCUT2D eigenvalue weighted by molar-refractivity contribution is 6.33. The molecule has 0 aliphatic heterocycles. The molecule has 102 valence electrons. The van der Waals surface area contributed by atoms with Gasteiger partial charge in [0.1, 0.15) is 5.82 Å². The van der Waals surface area contributed by atoms with Gasteiger partial charge in [0.15, 0.2) is 0 Å². The minimum atomic E-state index is -0.594. The highest BCUT2D eigenvalue weighted by atomic mass is 35.5. The summed E-state index contributed by atoms with van der Waals surface area (Å²) in [5.74, 6) is 0.292. The van der Waals surface area contributed by atoms with Crippen LogP contribution in [0.25, 0.3) is 0 Å². The zero-order chi connectivity index (χ0) is 13.8. The van der Waals surface area contributed by atoms with Crippen molar-refractivity contribution in [2.24, 2.45) is 11.7 Å². The van der Waals surface area contributed by atoms with E-state index in [-0.39, 0.29) is 23.0 Å². The van der Waals surface area contributed by atoms with E-state index in [1.54, 1.807) is 0 Å². The van der Waals surface area contributed by atoms with Gasteiger partial charge in [-0.05, 0) is 24.8 Å². The summed E-state index contributed by atoms with van der Waals surface area (Å²) in [5, 5.41) is 5.89. The fourth-order valence-electron chi connectivity index (χ4n) is 1.51. The van der Waals surface area contributed by atoms with E-state index < -0.39 is 5.91 Å². The molecule has 19 heavy (non-hydrogen) atoms. The highest BCUT2D eigenvalue weighted by Crippen LogP contribution is 2.27. The Hall–Kier alpha value is -1.82. The Morgan fingerprint density at radius 2 is 2.21 bits per heavy atom. The van der Waals surface area contributed by atoms with Crippen molar-refractivity contribution in [2.75, 3.05) is 18.4 Å². The Morgan fingerprint density at radius 1 is 1.47 bits per heavy atom. The minimum absolute atomic E-state index is 0.0926. The second kappa shape index (κ2) is 5.88. The van der Waals surface area contributed by atoms with Crippen molar-refractivity contribution >= 4 is 29.2 Å². The standard InChI is InChI=1S/C12H15ClN4O2/c13-9-3-8(11(14)19)5-16-12(9)17-6-10(18)15-4-7-1-2-7/h3,5,7H,1-2,4,6H2,(H2,14,19)(H,15,18)(H,16,17). The van der Waals surface area contributed by atoms with Crippen LogP contribution in [0.4, 0.5) is 5.82 Å². The van der Waals surface area contributed by atoms with Crippen LogP contribution in [-0.4, -0.2) is 29.9 Å². The number of nitrogens with one attached hydrogen (secondary N) is 2. The van der Waals surface area contributed by atoms with Gasteiger partial charge in [-0.3, -0.25) is 9.59 Å². The van der Waals surface area contributed by atoms with Crippen LogP contribution in [0.5, 0.6) is 0 Å². The van der Waals surface area contributed by atoms with Gasteiger partial charge in [-0.15, -0.1) is 0 Å². The number of halogens is 1. The zero-order valence-electron chi connectivity index (χ0n) is 10.3. The van der Waals surface area contributed by atoms with Gasteiger partial charge in [-0.2, -0.15) is 0 Å². The molecule has 1 aromatic heterocycles. The maximum Gasteiger partial charge on any atom is 0.250 e. The number of pyridine rings is 1. The summed E-state index contributed by atoms with van der Waals surface area (Å²) in [6, 6.07) is 1.42. The molecular weight excluding hydrogens is 268 g/mol. The first-order chi connectivity index (χ1) is 9.06. The van der Waals surface area contributed by atoms with Crippen LogP contribution >= 0.6 is 11.6 Å². The lowest BCUT2D eigenvalue weighted by atomic mass is 10.3. The van der Waals surface area contributed by atoms with Gasteiger partial charge < -0.3 is 16.4 Å². The summed E-state index contributed by atoms with van der Waals surface area (Å²) in [6.45, 7) is 0.817. The Labute approximate surface area is 115 Å². The van der Waals surface area contributed by atoms with Gasteiger partial charge in [0.25, 0.3) is 0 Å². The molecular formula is C12H15ClN4O2. The molecule has 1 aliphatic carbocycles. The van der Waals surface area contributed by atoms with E-state index in [4.69, 9.17) is 17.3 Å². The van der Waals surface area contributed by atoms with Crippen LogP contribution < -0.4 is 16.4 Å². The quantitative estimate of drug-likeness (QED) is 0.718. The van der Waals surface area contributed by atoms with Gasteiger partial charge in [0.05, 0.1) is 17.1 Å². The molecule has 2 amide bonds. The molecule has 0 spiro atoms. The summed E-state index contributed by atoms with van der Waals surface area (Å²) >= 11 is 5.93. The van der Waals surface area contributed by atoms with Gasteiger partial charge in [0.2, 0.25) is 11.8 Å². The van der Waals surface area contributed by atoms with Gasteiger partial charge in [-0.25, -0.2) is 4.98 Å². The SMILES string of the molecule is NC(=O)c1cnc(NCC(=O)NCC2CC2)c(Cl)c1. The van der Waals surface area contributed by atoms with E-state index in [1.165, 1.54) is 25.1 Å². The molecule has 0 saturated heterocycles. The highest BCUT2D eigenvalue weighted by Gasteiger charge is 2.21. The Morgan fingerprint density at radius 3 is 2.79 bits per heavy atom.